The minimum absolute atomic E-state index is 0.0987. The van der Waals surface area contributed by atoms with Crippen LogP contribution < -0.4 is 5.32 Å². The second kappa shape index (κ2) is 6.97. The van der Waals surface area contributed by atoms with Crippen molar-refractivity contribution in [2.45, 2.75) is 38.1 Å². The summed E-state index contributed by atoms with van der Waals surface area (Å²) in [5.41, 5.74) is 3.67. The van der Waals surface area contributed by atoms with E-state index in [0.717, 1.165) is 29.8 Å². The Balaban J connectivity index is 1.60. The van der Waals surface area contributed by atoms with Crippen molar-refractivity contribution in [1.29, 1.82) is 0 Å². The summed E-state index contributed by atoms with van der Waals surface area (Å²) in [5, 5.41) is 3.92. The molecule has 0 aromatic heterocycles. The molecule has 3 rings (SSSR count). The summed E-state index contributed by atoms with van der Waals surface area (Å²) in [7, 11) is 0. The highest BCUT2D eigenvalue weighted by molar-refractivity contribution is 6.31. The molecule has 0 spiro atoms. The van der Waals surface area contributed by atoms with E-state index in [9.17, 15) is 4.79 Å². The van der Waals surface area contributed by atoms with E-state index in [-0.39, 0.29) is 11.9 Å². The third kappa shape index (κ3) is 3.50. The maximum absolute atomic E-state index is 12.3. The van der Waals surface area contributed by atoms with E-state index in [0.29, 0.717) is 12.8 Å². The van der Waals surface area contributed by atoms with E-state index in [1.807, 2.05) is 30.3 Å². The van der Waals surface area contributed by atoms with Gasteiger partial charge in [0.25, 0.3) is 0 Å². The first-order chi connectivity index (χ1) is 10.7. The van der Waals surface area contributed by atoms with Gasteiger partial charge in [-0.05, 0) is 48.4 Å². The van der Waals surface area contributed by atoms with E-state index in [1.54, 1.807) is 0 Å². The van der Waals surface area contributed by atoms with Crippen molar-refractivity contribution in [3.8, 4) is 0 Å². The van der Waals surface area contributed by atoms with Crippen LogP contribution in [0.5, 0.6) is 0 Å². The predicted molar refractivity (Wildman–Crippen MR) is 90.0 cm³/mol. The van der Waals surface area contributed by atoms with Crippen molar-refractivity contribution in [3.63, 3.8) is 0 Å². The van der Waals surface area contributed by atoms with Crippen LogP contribution in [0, 0.1) is 0 Å². The number of fused-ring (bicyclic) bond motifs is 1. The lowest BCUT2D eigenvalue weighted by Crippen LogP contribution is -2.31. The molecule has 0 unspecified atom stereocenters. The Kier molecular flexibility index (Phi) is 4.79. The lowest BCUT2D eigenvalue weighted by Gasteiger charge is -2.26. The zero-order valence-electron chi connectivity index (χ0n) is 12.5. The number of hydrogen-bond acceptors (Lipinski definition) is 1. The largest absolute Gasteiger partial charge is 0.349 e. The highest BCUT2D eigenvalue weighted by atomic mass is 35.5. The SMILES string of the molecule is O=C(CCc1ccccc1Cl)N[C@@H]1CCCc2ccccc21. The Hall–Kier alpha value is -1.80. The summed E-state index contributed by atoms with van der Waals surface area (Å²) in [6.45, 7) is 0. The molecule has 1 aliphatic rings. The van der Waals surface area contributed by atoms with Gasteiger partial charge in [-0.1, -0.05) is 54.1 Å². The molecule has 2 aromatic rings. The summed E-state index contributed by atoms with van der Waals surface area (Å²) in [4.78, 5) is 12.3. The van der Waals surface area contributed by atoms with Gasteiger partial charge in [-0.25, -0.2) is 0 Å². The quantitative estimate of drug-likeness (QED) is 0.886. The maximum Gasteiger partial charge on any atom is 0.220 e. The van der Waals surface area contributed by atoms with E-state index in [1.165, 1.54) is 11.1 Å². The highest BCUT2D eigenvalue weighted by Crippen LogP contribution is 2.29. The first-order valence-corrected chi connectivity index (χ1v) is 8.22. The van der Waals surface area contributed by atoms with E-state index in [2.05, 4.69) is 23.5 Å². The molecule has 0 aliphatic heterocycles. The molecule has 3 heteroatoms. The fourth-order valence-electron chi connectivity index (χ4n) is 3.12. The van der Waals surface area contributed by atoms with E-state index < -0.39 is 0 Å². The Bertz CT molecular complexity index is 668. The molecule has 1 atom stereocenters. The molecule has 2 aromatic carbocycles. The lowest BCUT2D eigenvalue weighted by molar-refractivity contribution is -0.121. The minimum atomic E-state index is 0.0987. The van der Waals surface area contributed by atoms with Gasteiger partial charge in [0.2, 0.25) is 5.91 Å². The summed E-state index contributed by atoms with van der Waals surface area (Å²) >= 11 is 6.13. The van der Waals surface area contributed by atoms with Gasteiger partial charge < -0.3 is 5.32 Å². The molecular weight excluding hydrogens is 294 g/mol. The molecule has 0 saturated carbocycles. The Labute approximate surface area is 136 Å². The van der Waals surface area contributed by atoms with Gasteiger partial charge in [-0.2, -0.15) is 0 Å². The van der Waals surface area contributed by atoms with Crippen LogP contribution in [0.25, 0.3) is 0 Å². The monoisotopic (exact) mass is 313 g/mol. The Morgan fingerprint density at radius 2 is 1.91 bits per heavy atom. The van der Waals surface area contributed by atoms with Crippen molar-refractivity contribution in [1.82, 2.24) is 5.32 Å². The topological polar surface area (TPSA) is 29.1 Å². The van der Waals surface area contributed by atoms with Gasteiger partial charge in [0.15, 0.2) is 0 Å². The molecule has 2 nitrogen and oxygen atoms in total. The fourth-order valence-corrected chi connectivity index (χ4v) is 3.35. The molecule has 1 aliphatic carbocycles. The molecule has 22 heavy (non-hydrogen) atoms. The van der Waals surface area contributed by atoms with Gasteiger partial charge in [-0.15, -0.1) is 0 Å². The number of amides is 1. The molecule has 0 radical (unpaired) electrons. The molecule has 0 fully saturated rings. The zero-order chi connectivity index (χ0) is 15.4. The number of nitrogens with one attached hydrogen (secondary N) is 1. The molecular formula is C19H20ClNO. The van der Waals surface area contributed by atoms with Crippen LogP contribution in [0.15, 0.2) is 48.5 Å². The first kappa shape index (κ1) is 15.1. The average Bonchev–Trinajstić information content (AvgIpc) is 2.54. The van der Waals surface area contributed by atoms with Gasteiger partial charge in [0.05, 0.1) is 6.04 Å². The normalized spacial score (nSPS) is 16.9. The number of aryl methyl sites for hydroxylation is 2. The van der Waals surface area contributed by atoms with Crippen LogP contribution in [-0.2, 0) is 17.6 Å². The second-order valence-electron chi connectivity index (χ2n) is 5.80. The Morgan fingerprint density at radius 3 is 2.77 bits per heavy atom. The van der Waals surface area contributed by atoms with Gasteiger partial charge in [-0.3, -0.25) is 4.79 Å². The Morgan fingerprint density at radius 1 is 1.14 bits per heavy atom. The number of carbonyl (C=O) groups excluding carboxylic acids is 1. The minimum Gasteiger partial charge on any atom is -0.349 e. The standard InChI is InChI=1S/C19H20ClNO/c20-17-10-4-2-7-15(17)12-13-19(22)21-18-11-5-8-14-6-1-3-9-16(14)18/h1-4,6-7,9-10,18H,5,8,11-13H2,(H,21,22)/t18-/m1/s1. The van der Waals surface area contributed by atoms with Gasteiger partial charge in [0, 0.05) is 11.4 Å². The van der Waals surface area contributed by atoms with Gasteiger partial charge in [0.1, 0.15) is 0 Å². The zero-order valence-corrected chi connectivity index (χ0v) is 13.3. The maximum atomic E-state index is 12.3. The molecule has 1 N–H and O–H groups in total. The fraction of sp³-hybridized carbons (Fsp3) is 0.316. The number of carbonyl (C=O) groups is 1. The van der Waals surface area contributed by atoms with Crippen molar-refractivity contribution < 1.29 is 4.79 Å². The molecule has 0 bridgehead atoms. The summed E-state index contributed by atoms with van der Waals surface area (Å²) in [6, 6.07) is 16.3. The van der Waals surface area contributed by atoms with Crippen molar-refractivity contribution in [2.24, 2.45) is 0 Å². The molecule has 0 heterocycles. The summed E-state index contributed by atoms with van der Waals surface area (Å²) < 4.78 is 0. The smallest absolute Gasteiger partial charge is 0.220 e. The molecule has 114 valence electrons. The lowest BCUT2D eigenvalue weighted by atomic mass is 9.87. The highest BCUT2D eigenvalue weighted by Gasteiger charge is 2.21. The number of rotatable bonds is 4. The van der Waals surface area contributed by atoms with E-state index in [4.69, 9.17) is 11.6 Å². The van der Waals surface area contributed by atoms with Crippen molar-refractivity contribution >= 4 is 17.5 Å². The first-order valence-electron chi connectivity index (χ1n) is 7.84. The van der Waals surface area contributed by atoms with Crippen LogP contribution >= 0.6 is 11.6 Å². The average molecular weight is 314 g/mol. The summed E-state index contributed by atoms with van der Waals surface area (Å²) in [6.07, 6.45) is 4.42. The van der Waals surface area contributed by atoms with E-state index >= 15 is 0 Å². The molecule has 0 saturated heterocycles. The van der Waals surface area contributed by atoms with Crippen LogP contribution in [0.1, 0.15) is 42.0 Å². The predicted octanol–water partition coefficient (Wildman–Crippen LogP) is 4.47. The third-order valence-corrected chi connectivity index (χ3v) is 4.65. The van der Waals surface area contributed by atoms with Gasteiger partial charge >= 0.3 is 0 Å². The second-order valence-corrected chi connectivity index (χ2v) is 6.21. The summed E-state index contributed by atoms with van der Waals surface area (Å²) in [5.74, 6) is 0.0987. The molecule has 1 amide bonds. The number of halogens is 1. The number of benzene rings is 2. The third-order valence-electron chi connectivity index (χ3n) is 4.28. The van der Waals surface area contributed by atoms with Crippen molar-refractivity contribution in [3.05, 3.63) is 70.2 Å². The van der Waals surface area contributed by atoms with Crippen LogP contribution in [0.4, 0.5) is 0 Å². The number of hydrogen-bond donors (Lipinski definition) is 1. The van der Waals surface area contributed by atoms with Crippen LogP contribution in [0.2, 0.25) is 5.02 Å². The van der Waals surface area contributed by atoms with Crippen LogP contribution in [0.3, 0.4) is 0 Å². The van der Waals surface area contributed by atoms with Crippen molar-refractivity contribution in [2.75, 3.05) is 0 Å². The van der Waals surface area contributed by atoms with Crippen LogP contribution in [-0.4, -0.2) is 5.91 Å².